The van der Waals surface area contributed by atoms with Crippen LogP contribution in [0.4, 0.5) is 0 Å². The van der Waals surface area contributed by atoms with Crippen LogP contribution in [0, 0.1) is 11.3 Å². The fraction of sp³-hybridized carbons (Fsp3) is 0.522. The number of hydrogen-bond donors (Lipinski definition) is 1. The lowest BCUT2D eigenvalue weighted by molar-refractivity contribution is -0.0514. The van der Waals surface area contributed by atoms with Gasteiger partial charge < -0.3 is 15.2 Å². The van der Waals surface area contributed by atoms with E-state index in [2.05, 4.69) is 35.1 Å². The molecule has 0 amide bonds. The zero-order valence-corrected chi connectivity index (χ0v) is 17.1. The van der Waals surface area contributed by atoms with Crippen LogP contribution in [0.15, 0.2) is 41.9 Å². The van der Waals surface area contributed by atoms with Gasteiger partial charge in [-0.25, -0.2) is 15.0 Å². The summed E-state index contributed by atoms with van der Waals surface area (Å²) in [4.78, 5) is 13.4. The van der Waals surface area contributed by atoms with Crippen molar-refractivity contribution in [2.45, 2.75) is 50.7 Å². The summed E-state index contributed by atoms with van der Waals surface area (Å²) >= 11 is 0. The van der Waals surface area contributed by atoms with Gasteiger partial charge in [0.15, 0.2) is 0 Å². The third kappa shape index (κ3) is 2.69. The Morgan fingerprint density at radius 1 is 1.24 bits per heavy atom. The summed E-state index contributed by atoms with van der Waals surface area (Å²) in [7, 11) is 1.84. The predicted octanol–water partition coefficient (Wildman–Crippen LogP) is 3.45. The molecule has 5 rings (SSSR count). The topological polar surface area (TPSA) is 82.6 Å². The van der Waals surface area contributed by atoms with Gasteiger partial charge in [-0.1, -0.05) is 25.5 Å². The molecule has 1 fully saturated rings. The van der Waals surface area contributed by atoms with Gasteiger partial charge in [0, 0.05) is 30.5 Å². The van der Waals surface area contributed by atoms with Gasteiger partial charge in [-0.3, -0.25) is 0 Å². The molecule has 4 atom stereocenters. The lowest BCUT2D eigenvalue weighted by Gasteiger charge is -2.48. The second-order valence-electron chi connectivity index (χ2n) is 8.74. The van der Waals surface area contributed by atoms with Crippen LogP contribution in [-0.2, 0) is 21.4 Å². The van der Waals surface area contributed by atoms with Crippen molar-refractivity contribution in [2.24, 2.45) is 22.1 Å². The van der Waals surface area contributed by atoms with Crippen molar-refractivity contribution < 1.29 is 9.47 Å². The van der Waals surface area contributed by atoms with E-state index in [9.17, 15) is 0 Å². The molecule has 1 aromatic carbocycles. The fourth-order valence-corrected chi connectivity index (χ4v) is 6.02. The number of aromatic nitrogens is 2. The molecule has 2 aliphatic carbocycles. The first-order chi connectivity index (χ1) is 14.1. The van der Waals surface area contributed by atoms with Crippen molar-refractivity contribution in [2.75, 3.05) is 13.7 Å². The van der Waals surface area contributed by atoms with Gasteiger partial charge in [0.2, 0.25) is 0 Å². The molecular weight excluding hydrogens is 364 g/mol. The second kappa shape index (κ2) is 6.80. The molecule has 2 spiro atoms. The maximum absolute atomic E-state index is 6.09. The van der Waals surface area contributed by atoms with E-state index in [0.717, 1.165) is 43.2 Å². The molecule has 0 radical (unpaired) electrons. The molecule has 152 valence electrons. The van der Waals surface area contributed by atoms with Crippen LogP contribution in [-0.4, -0.2) is 35.8 Å². The van der Waals surface area contributed by atoms with Crippen LogP contribution in [0.3, 0.4) is 0 Å². The highest BCUT2D eigenvalue weighted by Crippen LogP contribution is 2.62. The zero-order chi connectivity index (χ0) is 20.1. The van der Waals surface area contributed by atoms with Crippen LogP contribution < -0.4 is 5.73 Å². The minimum absolute atomic E-state index is 0.0258. The van der Waals surface area contributed by atoms with Crippen molar-refractivity contribution in [3.05, 3.63) is 48.0 Å². The molecule has 6 heteroatoms. The lowest BCUT2D eigenvalue weighted by atomic mass is 9.59. The molecule has 6 nitrogen and oxygen atoms in total. The van der Waals surface area contributed by atoms with Crippen LogP contribution in [0.2, 0.25) is 0 Å². The number of amidine groups is 1. The number of aliphatic imine (C=N–C) groups is 1. The first-order valence-electron chi connectivity index (χ1n) is 10.5. The molecule has 3 aliphatic rings. The van der Waals surface area contributed by atoms with Gasteiger partial charge in [-0.05, 0) is 54.4 Å². The smallest absolute Gasteiger partial charge is 0.283 e. The highest BCUT2D eigenvalue weighted by Gasteiger charge is 2.62. The molecule has 0 saturated heterocycles. The SMILES string of the molecule is CC[C@@H]1C[C@]2(CC[C@H]1OC)Cc1ccc(-c3cncnc3)cc1[C@@]21COC(N)=N1. The number of ether oxygens (including phenoxy) is 2. The monoisotopic (exact) mass is 392 g/mol. The van der Waals surface area contributed by atoms with Crippen LogP contribution in [0.5, 0.6) is 0 Å². The Labute approximate surface area is 171 Å². The summed E-state index contributed by atoms with van der Waals surface area (Å²) in [6, 6.07) is 7.00. The summed E-state index contributed by atoms with van der Waals surface area (Å²) in [6.45, 7) is 2.79. The third-order valence-electron chi connectivity index (χ3n) is 7.50. The number of fused-ring (bicyclic) bond motifs is 3. The van der Waals surface area contributed by atoms with Crippen molar-refractivity contribution >= 4 is 6.02 Å². The number of benzene rings is 1. The maximum Gasteiger partial charge on any atom is 0.283 e. The molecular formula is C23H28N4O2. The third-order valence-corrected chi connectivity index (χ3v) is 7.50. The van der Waals surface area contributed by atoms with E-state index in [1.54, 1.807) is 6.33 Å². The zero-order valence-electron chi connectivity index (χ0n) is 17.1. The highest BCUT2D eigenvalue weighted by molar-refractivity contribution is 5.75. The van der Waals surface area contributed by atoms with Crippen molar-refractivity contribution in [1.29, 1.82) is 0 Å². The predicted molar refractivity (Wildman–Crippen MR) is 111 cm³/mol. The minimum Gasteiger partial charge on any atom is -0.462 e. The second-order valence-corrected chi connectivity index (χ2v) is 8.74. The van der Waals surface area contributed by atoms with Gasteiger partial charge >= 0.3 is 0 Å². The van der Waals surface area contributed by atoms with Crippen LogP contribution in [0.1, 0.15) is 43.7 Å². The van der Waals surface area contributed by atoms with Crippen molar-refractivity contribution in [3.8, 4) is 11.1 Å². The molecule has 0 unspecified atom stereocenters. The van der Waals surface area contributed by atoms with E-state index >= 15 is 0 Å². The number of nitrogens with two attached hydrogens (primary N) is 1. The molecule has 2 N–H and O–H groups in total. The summed E-state index contributed by atoms with van der Waals surface area (Å²) in [5, 5.41) is 0. The highest BCUT2D eigenvalue weighted by atomic mass is 16.5. The maximum atomic E-state index is 6.09. The van der Waals surface area contributed by atoms with Gasteiger partial charge in [0.05, 0.1) is 6.10 Å². The van der Waals surface area contributed by atoms with E-state index in [4.69, 9.17) is 20.2 Å². The normalized spacial score (nSPS) is 33.0. The average molecular weight is 393 g/mol. The first-order valence-corrected chi connectivity index (χ1v) is 10.5. The van der Waals surface area contributed by atoms with Crippen LogP contribution in [0.25, 0.3) is 11.1 Å². The summed E-state index contributed by atoms with van der Waals surface area (Å²) in [6.07, 6.45) is 10.9. The molecule has 2 heterocycles. The van der Waals surface area contributed by atoms with E-state index in [-0.39, 0.29) is 5.41 Å². The van der Waals surface area contributed by atoms with Gasteiger partial charge in [0.25, 0.3) is 6.02 Å². The summed E-state index contributed by atoms with van der Waals surface area (Å²) in [5.41, 5.74) is 10.4. The molecule has 29 heavy (non-hydrogen) atoms. The number of methoxy groups -OCH3 is 1. The molecule has 1 aromatic heterocycles. The Balaban J connectivity index is 1.62. The minimum atomic E-state index is -0.413. The Morgan fingerprint density at radius 3 is 2.76 bits per heavy atom. The first kappa shape index (κ1) is 18.6. The average Bonchev–Trinajstić information content (AvgIpc) is 3.27. The van der Waals surface area contributed by atoms with E-state index in [1.807, 2.05) is 19.5 Å². The number of nitrogens with zero attached hydrogens (tertiary/aromatic N) is 3. The van der Waals surface area contributed by atoms with E-state index < -0.39 is 5.54 Å². The quantitative estimate of drug-likeness (QED) is 0.865. The van der Waals surface area contributed by atoms with Crippen molar-refractivity contribution in [3.63, 3.8) is 0 Å². The van der Waals surface area contributed by atoms with Crippen LogP contribution >= 0.6 is 0 Å². The number of rotatable bonds is 3. The Bertz CT molecular complexity index is 947. The summed E-state index contributed by atoms with van der Waals surface area (Å²) in [5.74, 6) is 0.527. The van der Waals surface area contributed by atoms with Gasteiger partial charge in [0.1, 0.15) is 18.5 Å². The largest absolute Gasteiger partial charge is 0.462 e. The Kier molecular flexibility index (Phi) is 4.35. The van der Waals surface area contributed by atoms with Crippen molar-refractivity contribution in [1.82, 2.24) is 9.97 Å². The molecule has 1 saturated carbocycles. The number of hydrogen-bond acceptors (Lipinski definition) is 6. The fourth-order valence-electron chi connectivity index (χ4n) is 6.02. The molecule has 0 bridgehead atoms. The summed E-state index contributed by atoms with van der Waals surface area (Å²) < 4.78 is 11.6. The van der Waals surface area contributed by atoms with E-state index in [1.165, 1.54) is 11.1 Å². The van der Waals surface area contributed by atoms with Gasteiger partial charge in [-0.15, -0.1) is 0 Å². The van der Waals surface area contributed by atoms with E-state index in [0.29, 0.717) is 24.7 Å². The molecule has 2 aromatic rings. The Morgan fingerprint density at radius 2 is 2.07 bits per heavy atom. The lowest BCUT2D eigenvalue weighted by Crippen LogP contribution is -2.49. The molecule has 1 aliphatic heterocycles. The Hall–Kier alpha value is -2.47. The van der Waals surface area contributed by atoms with Gasteiger partial charge in [-0.2, -0.15) is 0 Å². The standard InChI is InChI=1S/C23H28N4O2/c1-3-15-9-22(7-6-20(15)28-2)10-17-5-4-16(18-11-25-14-26-12-18)8-19(17)23(22)13-29-21(24)27-23/h4-5,8,11-12,14-15,20H,3,6-7,9-10,13H2,1-2H3,(H2,24,27)/t15-,20-,22-,23+/m1/s1.